The molecule has 8 heteroatoms. The highest BCUT2D eigenvalue weighted by Gasteiger charge is 2.24. The van der Waals surface area contributed by atoms with Crippen molar-refractivity contribution < 1.29 is 19.0 Å². The third kappa shape index (κ3) is 4.98. The number of benzene rings is 3. The van der Waals surface area contributed by atoms with Crippen LogP contribution in [0.4, 0.5) is 5.69 Å². The van der Waals surface area contributed by atoms with Gasteiger partial charge in [0, 0.05) is 4.47 Å². The molecule has 0 bridgehead atoms. The summed E-state index contributed by atoms with van der Waals surface area (Å²) < 4.78 is 17.7. The van der Waals surface area contributed by atoms with Crippen LogP contribution in [0.5, 0.6) is 17.2 Å². The van der Waals surface area contributed by atoms with Crippen LogP contribution in [0.1, 0.15) is 22.3 Å². The van der Waals surface area contributed by atoms with Gasteiger partial charge in [-0.05, 0) is 90.3 Å². The molecule has 5 rings (SSSR count). The molecule has 0 saturated carbocycles. The summed E-state index contributed by atoms with van der Waals surface area (Å²) >= 11 is 4.90. The lowest BCUT2D eigenvalue weighted by Gasteiger charge is -2.07. The largest absolute Gasteiger partial charge is 0.489 e. The highest BCUT2D eigenvalue weighted by molar-refractivity contribution is 9.10. The van der Waals surface area contributed by atoms with Gasteiger partial charge < -0.3 is 19.5 Å². The number of amidine groups is 1. The first-order chi connectivity index (χ1) is 16.4. The summed E-state index contributed by atoms with van der Waals surface area (Å²) in [5.74, 6) is 2.08. The molecule has 1 N–H and O–H groups in total. The van der Waals surface area contributed by atoms with Crippen LogP contribution >= 0.6 is 27.7 Å². The molecular formula is C26H21BrN2O4S. The van der Waals surface area contributed by atoms with Crippen molar-refractivity contribution >= 4 is 50.5 Å². The first-order valence-electron chi connectivity index (χ1n) is 10.6. The summed E-state index contributed by atoms with van der Waals surface area (Å²) in [6.45, 7) is 4.72. The Hall–Kier alpha value is -3.23. The third-order valence-corrected chi connectivity index (χ3v) is 7.48. The Morgan fingerprint density at radius 1 is 1.06 bits per heavy atom. The van der Waals surface area contributed by atoms with Gasteiger partial charge in [0.05, 0.1) is 10.6 Å². The predicted octanol–water partition coefficient (Wildman–Crippen LogP) is 6.27. The highest BCUT2D eigenvalue weighted by atomic mass is 79.9. The Kier molecular flexibility index (Phi) is 6.34. The zero-order valence-electron chi connectivity index (χ0n) is 18.6. The maximum Gasteiger partial charge on any atom is 0.264 e. The van der Waals surface area contributed by atoms with Crippen LogP contribution in [0.3, 0.4) is 0 Å². The number of nitrogens with one attached hydrogen (secondary N) is 1. The van der Waals surface area contributed by atoms with Crippen LogP contribution in [0.25, 0.3) is 6.08 Å². The number of amides is 1. The molecule has 2 aliphatic heterocycles. The summed E-state index contributed by atoms with van der Waals surface area (Å²) in [5.41, 5.74) is 4.92. The zero-order chi connectivity index (χ0) is 23.7. The number of halogens is 1. The van der Waals surface area contributed by atoms with Crippen LogP contribution in [-0.4, -0.2) is 17.9 Å². The van der Waals surface area contributed by atoms with Gasteiger partial charge in [-0.1, -0.05) is 34.1 Å². The summed E-state index contributed by atoms with van der Waals surface area (Å²) in [6, 6.07) is 17.4. The van der Waals surface area contributed by atoms with Crippen molar-refractivity contribution in [3.8, 4) is 17.2 Å². The van der Waals surface area contributed by atoms with E-state index in [1.165, 1.54) is 11.8 Å². The van der Waals surface area contributed by atoms with Crippen molar-refractivity contribution in [1.82, 2.24) is 5.32 Å². The number of fused-ring (bicyclic) bond motifs is 1. The van der Waals surface area contributed by atoms with Gasteiger partial charge in [0.25, 0.3) is 5.91 Å². The molecule has 3 aromatic carbocycles. The normalized spacial score (nSPS) is 16.9. The first-order valence-corrected chi connectivity index (χ1v) is 12.2. The molecule has 0 atom stereocenters. The molecule has 1 saturated heterocycles. The maximum atomic E-state index is 12.4. The Morgan fingerprint density at radius 3 is 2.56 bits per heavy atom. The van der Waals surface area contributed by atoms with E-state index in [4.69, 9.17) is 14.2 Å². The van der Waals surface area contributed by atoms with E-state index in [1.54, 1.807) is 0 Å². The van der Waals surface area contributed by atoms with Gasteiger partial charge in [0.2, 0.25) is 6.79 Å². The summed E-state index contributed by atoms with van der Waals surface area (Å²) in [5, 5.41) is 3.41. The number of ether oxygens (including phenoxy) is 3. The zero-order valence-corrected chi connectivity index (χ0v) is 21.0. The van der Waals surface area contributed by atoms with Crippen LogP contribution < -0.4 is 19.5 Å². The van der Waals surface area contributed by atoms with Gasteiger partial charge >= 0.3 is 0 Å². The van der Waals surface area contributed by atoms with E-state index in [0.717, 1.165) is 49.7 Å². The molecule has 0 aromatic heterocycles. The Morgan fingerprint density at radius 2 is 1.79 bits per heavy atom. The standard InChI is InChI=1S/C26H21BrN2O4S/c1-15-9-19(10-16(2)24(15)27)28-26-29-25(30)23(34-26)12-17-3-6-20(7-4-17)31-13-18-5-8-21-22(11-18)33-14-32-21/h3-12H,13-14H2,1-2H3,(H,28,29,30)/b23-12-. The van der Waals surface area contributed by atoms with E-state index in [2.05, 4.69) is 26.2 Å². The molecule has 0 spiro atoms. The molecule has 172 valence electrons. The molecule has 6 nitrogen and oxygen atoms in total. The summed E-state index contributed by atoms with van der Waals surface area (Å²) in [4.78, 5) is 17.6. The highest BCUT2D eigenvalue weighted by Crippen LogP contribution is 2.33. The van der Waals surface area contributed by atoms with E-state index in [0.29, 0.717) is 16.7 Å². The molecule has 2 aliphatic rings. The smallest absolute Gasteiger partial charge is 0.264 e. The van der Waals surface area contributed by atoms with E-state index >= 15 is 0 Å². The predicted molar refractivity (Wildman–Crippen MR) is 138 cm³/mol. The van der Waals surface area contributed by atoms with E-state index in [9.17, 15) is 4.79 Å². The number of nitrogens with zero attached hydrogens (tertiary/aromatic N) is 1. The SMILES string of the molecule is Cc1cc(N=C2NC(=O)/C(=C/c3ccc(OCc4ccc5c(c4)OCO5)cc3)S2)cc(C)c1Br. The van der Waals surface area contributed by atoms with Gasteiger partial charge in [-0.15, -0.1) is 0 Å². The van der Waals surface area contributed by atoms with Crippen molar-refractivity contribution in [3.05, 3.63) is 86.2 Å². The summed E-state index contributed by atoms with van der Waals surface area (Å²) in [6.07, 6.45) is 1.85. The molecule has 0 aliphatic carbocycles. The number of hydrogen-bond donors (Lipinski definition) is 1. The van der Waals surface area contributed by atoms with E-state index in [-0.39, 0.29) is 12.7 Å². The maximum absolute atomic E-state index is 12.4. The van der Waals surface area contributed by atoms with Crippen molar-refractivity contribution in [3.63, 3.8) is 0 Å². The van der Waals surface area contributed by atoms with Crippen LogP contribution in [-0.2, 0) is 11.4 Å². The van der Waals surface area contributed by atoms with E-state index < -0.39 is 0 Å². The number of rotatable bonds is 5. The number of aliphatic imine (C=N–C) groups is 1. The minimum atomic E-state index is -0.155. The van der Waals surface area contributed by atoms with E-state index in [1.807, 2.05) is 74.5 Å². The third-order valence-electron chi connectivity index (χ3n) is 5.32. The lowest BCUT2D eigenvalue weighted by molar-refractivity contribution is -0.115. The van der Waals surface area contributed by atoms with Crippen LogP contribution in [0.15, 0.2) is 69.0 Å². The van der Waals surface area contributed by atoms with Gasteiger partial charge in [0.15, 0.2) is 16.7 Å². The molecule has 0 radical (unpaired) electrons. The lowest BCUT2D eigenvalue weighted by atomic mass is 10.1. The Labute approximate surface area is 210 Å². The average Bonchev–Trinajstić information content (AvgIpc) is 3.42. The minimum Gasteiger partial charge on any atom is -0.489 e. The van der Waals surface area contributed by atoms with Crippen molar-refractivity contribution in [1.29, 1.82) is 0 Å². The Bertz CT molecular complexity index is 1310. The summed E-state index contributed by atoms with van der Waals surface area (Å²) in [7, 11) is 0. The van der Waals surface area contributed by atoms with Gasteiger partial charge in [-0.3, -0.25) is 4.79 Å². The number of aryl methyl sites for hydroxylation is 2. The van der Waals surface area contributed by atoms with Crippen molar-refractivity contribution in [2.45, 2.75) is 20.5 Å². The first kappa shape index (κ1) is 22.6. The number of carbonyl (C=O) groups excluding carboxylic acids is 1. The quantitative estimate of drug-likeness (QED) is 0.389. The molecule has 1 amide bonds. The number of carbonyl (C=O) groups is 1. The second-order valence-electron chi connectivity index (χ2n) is 7.92. The average molecular weight is 537 g/mol. The topological polar surface area (TPSA) is 69.2 Å². The monoisotopic (exact) mass is 536 g/mol. The molecule has 34 heavy (non-hydrogen) atoms. The fraction of sp³-hybridized carbons (Fsp3) is 0.154. The van der Waals surface area contributed by atoms with Crippen molar-refractivity contribution in [2.75, 3.05) is 6.79 Å². The molecule has 3 aromatic rings. The van der Waals surface area contributed by atoms with Gasteiger partial charge in [0.1, 0.15) is 12.4 Å². The lowest BCUT2D eigenvalue weighted by Crippen LogP contribution is -2.19. The molecule has 2 heterocycles. The van der Waals surface area contributed by atoms with Crippen LogP contribution in [0, 0.1) is 13.8 Å². The van der Waals surface area contributed by atoms with Crippen molar-refractivity contribution in [2.24, 2.45) is 4.99 Å². The number of thioether (sulfide) groups is 1. The molecule has 1 fully saturated rings. The Balaban J connectivity index is 1.23. The molecular weight excluding hydrogens is 516 g/mol. The van der Waals surface area contributed by atoms with Crippen LogP contribution in [0.2, 0.25) is 0 Å². The fourth-order valence-corrected chi connectivity index (χ4v) is 4.67. The fourth-order valence-electron chi connectivity index (χ4n) is 3.59. The van der Waals surface area contributed by atoms with Gasteiger partial charge in [-0.25, -0.2) is 4.99 Å². The molecule has 0 unspecified atom stereocenters. The number of hydrogen-bond acceptors (Lipinski definition) is 6. The second kappa shape index (κ2) is 9.56. The second-order valence-corrected chi connectivity index (χ2v) is 9.74. The van der Waals surface area contributed by atoms with Gasteiger partial charge in [-0.2, -0.15) is 0 Å². The minimum absolute atomic E-state index is 0.155.